The van der Waals surface area contributed by atoms with E-state index < -0.39 is 0 Å². The van der Waals surface area contributed by atoms with Crippen molar-refractivity contribution in [3.05, 3.63) is 29.3 Å². The first-order valence-electron chi connectivity index (χ1n) is 7.45. The van der Waals surface area contributed by atoms with E-state index in [0.29, 0.717) is 13.1 Å². The van der Waals surface area contributed by atoms with E-state index in [0.717, 1.165) is 36.2 Å². The van der Waals surface area contributed by atoms with Crippen LogP contribution in [0.15, 0.2) is 24.3 Å². The lowest BCUT2D eigenvalue weighted by Crippen LogP contribution is -2.44. The van der Waals surface area contributed by atoms with E-state index in [1.165, 1.54) is 4.70 Å². The van der Waals surface area contributed by atoms with Crippen molar-refractivity contribution in [2.75, 3.05) is 13.6 Å². The monoisotopic (exact) mass is 303 g/mol. The molecule has 0 aliphatic heterocycles. The number of benzene rings is 1. The second kappa shape index (κ2) is 5.73. The van der Waals surface area contributed by atoms with Crippen molar-refractivity contribution in [2.24, 2.45) is 11.1 Å². The molecule has 1 saturated carbocycles. The Bertz CT molecular complexity index is 613. The molecule has 1 heterocycles. The van der Waals surface area contributed by atoms with Crippen LogP contribution in [-0.4, -0.2) is 29.4 Å². The highest BCUT2D eigenvalue weighted by atomic mass is 32.1. The molecular formula is C16H21N3OS. The number of carbonyl (C=O) groups is 1. The van der Waals surface area contributed by atoms with E-state index >= 15 is 0 Å². The van der Waals surface area contributed by atoms with E-state index in [2.05, 4.69) is 11.1 Å². The summed E-state index contributed by atoms with van der Waals surface area (Å²) in [4.78, 5) is 19.1. The fourth-order valence-electron chi connectivity index (χ4n) is 3.22. The van der Waals surface area contributed by atoms with Gasteiger partial charge in [-0.15, -0.1) is 11.3 Å². The zero-order valence-corrected chi connectivity index (χ0v) is 13.2. The van der Waals surface area contributed by atoms with Gasteiger partial charge in [-0.25, -0.2) is 4.98 Å². The smallest absolute Gasteiger partial charge is 0.230 e. The minimum atomic E-state index is -0.328. The number of aromatic nitrogens is 1. The minimum absolute atomic E-state index is 0.182. The SMILES string of the molecule is CN(Cc1nc2ccccc2s1)C(=O)C1(CN)CCCC1. The Labute approximate surface area is 129 Å². The number of hydrogen-bond acceptors (Lipinski definition) is 4. The molecule has 2 N–H and O–H groups in total. The third kappa shape index (κ3) is 2.68. The first-order chi connectivity index (χ1) is 10.1. The molecule has 0 unspecified atom stereocenters. The first-order valence-corrected chi connectivity index (χ1v) is 8.26. The fourth-order valence-corrected chi connectivity index (χ4v) is 4.25. The maximum absolute atomic E-state index is 12.7. The van der Waals surface area contributed by atoms with Gasteiger partial charge in [0.1, 0.15) is 5.01 Å². The van der Waals surface area contributed by atoms with Crippen LogP contribution in [0.4, 0.5) is 0 Å². The molecule has 1 fully saturated rings. The number of rotatable bonds is 4. The number of fused-ring (bicyclic) bond motifs is 1. The van der Waals surface area contributed by atoms with E-state index in [-0.39, 0.29) is 11.3 Å². The molecule has 3 rings (SSSR count). The molecule has 1 aliphatic rings. The highest BCUT2D eigenvalue weighted by Gasteiger charge is 2.41. The van der Waals surface area contributed by atoms with Crippen LogP contribution < -0.4 is 5.73 Å². The van der Waals surface area contributed by atoms with Crippen LogP contribution in [0.3, 0.4) is 0 Å². The van der Waals surface area contributed by atoms with Gasteiger partial charge in [0, 0.05) is 13.6 Å². The Balaban J connectivity index is 1.76. The molecule has 0 atom stereocenters. The lowest BCUT2D eigenvalue weighted by molar-refractivity contribution is -0.140. The Morgan fingerprint density at radius 3 is 2.76 bits per heavy atom. The van der Waals surface area contributed by atoms with Crippen molar-refractivity contribution in [1.29, 1.82) is 0 Å². The van der Waals surface area contributed by atoms with Crippen LogP contribution >= 0.6 is 11.3 Å². The van der Waals surface area contributed by atoms with Gasteiger partial charge in [0.15, 0.2) is 0 Å². The molecular weight excluding hydrogens is 282 g/mol. The van der Waals surface area contributed by atoms with Gasteiger partial charge < -0.3 is 10.6 Å². The predicted octanol–water partition coefficient (Wildman–Crippen LogP) is 2.77. The van der Waals surface area contributed by atoms with Gasteiger partial charge in [-0.3, -0.25) is 4.79 Å². The Kier molecular flexibility index (Phi) is 3.95. The van der Waals surface area contributed by atoms with Crippen LogP contribution in [0.5, 0.6) is 0 Å². The summed E-state index contributed by atoms with van der Waals surface area (Å²) in [6.07, 6.45) is 4.06. The van der Waals surface area contributed by atoms with Crippen molar-refractivity contribution >= 4 is 27.5 Å². The molecule has 0 radical (unpaired) electrons. The molecule has 0 saturated heterocycles. The second-order valence-corrected chi connectivity index (χ2v) is 7.04. The lowest BCUT2D eigenvalue weighted by Gasteiger charge is -2.30. The Morgan fingerprint density at radius 2 is 2.10 bits per heavy atom. The number of hydrogen-bond donors (Lipinski definition) is 1. The minimum Gasteiger partial charge on any atom is -0.338 e. The molecule has 0 spiro atoms. The topological polar surface area (TPSA) is 59.2 Å². The number of carbonyl (C=O) groups excluding carboxylic acids is 1. The molecule has 1 aliphatic carbocycles. The van der Waals surface area contributed by atoms with E-state index in [9.17, 15) is 4.79 Å². The van der Waals surface area contributed by atoms with Crippen LogP contribution in [0.25, 0.3) is 10.2 Å². The van der Waals surface area contributed by atoms with E-state index in [1.54, 1.807) is 16.2 Å². The number of thiazole rings is 1. The van der Waals surface area contributed by atoms with Crippen LogP contribution in [0.1, 0.15) is 30.7 Å². The summed E-state index contributed by atoms with van der Waals surface area (Å²) < 4.78 is 1.17. The summed E-state index contributed by atoms with van der Waals surface area (Å²) in [6, 6.07) is 8.08. The average molecular weight is 303 g/mol. The zero-order valence-electron chi connectivity index (χ0n) is 12.3. The van der Waals surface area contributed by atoms with Crippen LogP contribution in [0, 0.1) is 5.41 Å². The largest absolute Gasteiger partial charge is 0.338 e. The third-order valence-electron chi connectivity index (χ3n) is 4.46. The standard InChI is InChI=1S/C16H21N3OS/c1-19(15(20)16(11-17)8-4-5-9-16)10-14-18-12-6-2-3-7-13(12)21-14/h2-3,6-7H,4-5,8-11,17H2,1H3. The molecule has 5 heteroatoms. The van der Waals surface area contributed by atoms with Gasteiger partial charge in [0.05, 0.1) is 22.2 Å². The highest BCUT2D eigenvalue weighted by Crippen LogP contribution is 2.39. The molecule has 21 heavy (non-hydrogen) atoms. The third-order valence-corrected chi connectivity index (χ3v) is 5.48. The van der Waals surface area contributed by atoms with Crippen molar-refractivity contribution in [1.82, 2.24) is 9.88 Å². The maximum atomic E-state index is 12.7. The normalized spacial score (nSPS) is 17.2. The quantitative estimate of drug-likeness (QED) is 0.945. The van der Waals surface area contributed by atoms with Gasteiger partial charge in [-0.2, -0.15) is 0 Å². The Hall–Kier alpha value is -1.46. The van der Waals surface area contributed by atoms with Gasteiger partial charge in [0.25, 0.3) is 0 Å². The molecule has 112 valence electrons. The fraction of sp³-hybridized carbons (Fsp3) is 0.500. The number of nitrogens with zero attached hydrogens (tertiary/aromatic N) is 2. The molecule has 0 bridgehead atoms. The molecule has 1 amide bonds. The van der Waals surface area contributed by atoms with E-state index in [4.69, 9.17) is 5.73 Å². The van der Waals surface area contributed by atoms with Crippen molar-refractivity contribution in [3.8, 4) is 0 Å². The van der Waals surface area contributed by atoms with Gasteiger partial charge >= 0.3 is 0 Å². The molecule has 4 nitrogen and oxygen atoms in total. The maximum Gasteiger partial charge on any atom is 0.230 e. The summed E-state index contributed by atoms with van der Waals surface area (Å²) >= 11 is 1.66. The second-order valence-electron chi connectivity index (χ2n) is 5.93. The van der Waals surface area contributed by atoms with E-state index in [1.807, 2.05) is 25.2 Å². The van der Waals surface area contributed by atoms with Crippen molar-refractivity contribution < 1.29 is 4.79 Å². The predicted molar refractivity (Wildman–Crippen MR) is 86.0 cm³/mol. The Morgan fingerprint density at radius 1 is 1.38 bits per heavy atom. The van der Waals surface area contributed by atoms with Gasteiger partial charge in [-0.1, -0.05) is 25.0 Å². The molecule has 2 aromatic rings. The van der Waals surface area contributed by atoms with Crippen molar-refractivity contribution in [2.45, 2.75) is 32.2 Å². The van der Waals surface area contributed by atoms with Crippen LogP contribution in [0.2, 0.25) is 0 Å². The molecule has 1 aromatic heterocycles. The van der Waals surface area contributed by atoms with Crippen LogP contribution in [-0.2, 0) is 11.3 Å². The highest BCUT2D eigenvalue weighted by molar-refractivity contribution is 7.18. The van der Waals surface area contributed by atoms with Crippen molar-refractivity contribution in [3.63, 3.8) is 0 Å². The van der Waals surface area contributed by atoms with Gasteiger partial charge in [0.2, 0.25) is 5.91 Å². The average Bonchev–Trinajstić information content (AvgIpc) is 3.13. The summed E-state index contributed by atoms with van der Waals surface area (Å²) in [6.45, 7) is 1.02. The summed E-state index contributed by atoms with van der Waals surface area (Å²) in [5.74, 6) is 0.182. The number of para-hydroxylation sites is 1. The number of nitrogens with two attached hydrogens (primary N) is 1. The summed E-state index contributed by atoms with van der Waals surface area (Å²) in [7, 11) is 1.87. The summed E-state index contributed by atoms with van der Waals surface area (Å²) in [5.41, 5.74) is 6.58. The number of amides is 1. The first kappa shape index (κ1) is 14.5. The summed E-state index contributed by atoms with van der Waals surface area (Å²) in [5, 5.41) is 0.984. The lowest BCUT2D eigenvalue weighted by atomic mass is 9.85. The molecule has 1 aromatic carbocycles. The van der Waals surface area contributed by atoms with Gasteiger partial charge in [-0.05, 0) is 25.0 Å². The zero-order chi connectivity index (χ0) is 14.9.